The molecule has 2 aromatic carbocycles. The first-order valence-electron chi connectivity index (χ1n) is 10.7. The van der Waals surface area contributed by atoms with Crippen LogP contribution in [0, 0.1) is 0 Å². The van der Waals surface area contributed by atoms with Gasteiger partial charge in [-0.15, -0.1) is 0 Å². The second-order valence-corrected chi connectivity index (χ2v) is 7.91. The smallest absolute Gasteiger partial charge is 0.196 e. The molecule has 0 radical (unpaired) electrons. The minimum absolute atomic E-state index is 0.0996. The molecule has 30 heavy (non-hydrogen) atoms. The van der Waals surface area contributed by atoms with Gasteiger partial charge in [-0.2, -0.15) is 0 Å². The highest BCUT2D eigenvalue weighted by Gasteiger charge is 2.24. The monoisotopic (exact) mass is 402 g/mol. The lowest BCUT2D eigenvalue weighted by molar-refractivity contribution is 0.0398. The lowest BCUT2D eigenvalue weighted by Gasteiger charge is -2.26. The number of benzene rings is 2. The van der Waals surface area contributed by atoms with E-state index >= 15 is 0 Å². The molecule has 0 atom stereocenters. The molecule has 1 aliphatic heterocycles. The van der Waals surface area contributed by atoms with Crippen LogP contribution in [0.1, 0.15) is 23.3 Å². The Labute approximate surface area is 176 Å². The summed E-state index contributed by atoms with van der Waals surface area (Å²) in [7, 11) is 0. The average molecular weight is 402 g/mol. The molecule has 2 aliphatic rings. The molecule has 0 bridgehead atoms. The van der Waals surface area contributed by atoms with Crippen LogP contribution in [0.5, 0.6) is 0 Å². The van der Waals surface area contributed by atoms with Crippen molar-refractivity contribution in [2.75, 3.05) is 44.7 Å². The first-order chi connectivity index (χ1) is 14.8. The molecule has 5 nitrogen and oxygen atoms in total. The molecule has 3 aromatic rings. The van der Waals surface area contributed by atoms with Crippen LogP contribution in [-0.4, -0.2) is 44.3 Å². The number of morpholine rings is 1. The Balaban J connectivity index is 1.39. The molecule has 1 fully saturated rings. The number of allylic oxidation sites excluding steroid dienone is 1. The van der Waals surface area contributed by atoms with Crippen LogP contribution in [0.3, 0.4) is 0 Å². The largest absolute Gasteiger partial charge is 0.456 e. The molecule has 2 heterocycles. The maximum absolute atomic E-state index is 13.0. The zero-order valence-electron chi connectivity index (χ0n) is 17.0. The Hall–Kier alpha value is -2.89. The summed E-state index contributed by atoms with van der Waals surface area (Å²) < 4.78 is 11.7. The second kappa shape index (κ2) is 8.46. The van der Waals surface area contributed by atoms with Crippen LogP contribution in [0.15, 0.2) is 57.7 Å². The molecular weight excluding hydrogens is 376 g/mol. The van der Waals surface area contributed by atoms with Crippen molar-refractivity contribution < 1.29 is 9.15 Å². The fourth-order valence-corrected chi connectivity index (χ4v) is 4.27. The predicted molar refractivity (Wildman–Crippen MR) is 121 cm³/mol. The van der Waals surface area contributed by atoms with E-state index in [2.05, 4.69) is 28.4 Å². The van der Waals surface area contributed by atoms with Gasteiger partial charge in [0.1, 0.15) is 11.3 Å². The van der Waals surface area contributed by atoms with Gasteiger partial charge in [0.15, 0.2) is 5.43 Å². The topological polar surface area (TPSA) is 54.7 Å². The van der Waals surface area contributed by atoms with E-state index < -0.39 is 0 Å². The third kappa shape index (κ3) is 3.91. The fourth-order valence-electron chi connectivity index (χ4n) is 4.27. The Morgan fingerprint density at radius 2 is 1.87 bits per heavy atom. The summed E-state index contributed by atoms with van der Waals surface area (Å²) in [5, 5.41) is 4.12. The number of rotatable bonds is 5. The lowest BCUT2D eigenvalue weighted by Crippen LogP contribution is -2.39. The van der Waals surface area contributed by atoms with Crippen molar-refractivity contribution in [1.29, 1.82) is 0 Å². The van der Waals surface area contributed by atoms with Crippen molar-refractivity contribution in [3.05, 3.63) is 75.6 Å². The molecule has 154 valence electrons. The van der Waals surface area contributed by atoms with E-state index in [0.717, 1.165) is 80.4 Å². The molecule has 1 aromatic heterocycles. The third-order valence-corrected chi connectivity index (χ3v) is 5.92. The van der Waals surface area contributed by atoms with Crippen molar-refractivity contribution >= 4 is 28.3 Å². The van der Waals surface area contributed by atoms with E-state index in [0.29, 0.717) is 11.0 Å². The van der Waals surface area contributed by atoms with Crippen molar-refractivity contribution in [2.45, 2.75) is 12.8 Å². The van der Waals surface area contributed by atoms with Gasteiger partial charge in [0.25, 0.3) is 0 Å². The Morgan fingerprint density at radius 3 is 2.70 bits per heavy atom. The van der Waals surface area contributed by atoms with Crippen molar-refractivity contribution in [1.82, 2.24) is 4.90 Å². The standard InChI is InChI=1S/C25H26N2O3/c28-24-21-9-7-20(26-10-11-27-12-14-29-15-13-27)17-23(21)30-25-19(6-8-22(24)25)16-18-4-2-1-3-5-18/h1-5,7,9,16-17,26H,6,8,10-15H2. The minimum atomic E-state index is 0.0996. The van der Waals surface area contributed by atoms with Crippen LogP contribution in [-0.2, 0) is 11.2 Å². The molecule has 0 spiro atoms. The van der Waals surface area contributed by atoms with E-state index in [-0.39, 0.29) is 5.43 Å². The molecule has 5 rings (SSSR count). The molecule has 1 saturated heterocycles. The molecule has 1 N–H and O–H groups in total. The molecular formula is C25H26N2O3. The Morgan fingerprint density at radius 1 is 1.03 bits per heavy atom. The second-order valence-electron chi connectivity index (χ2n) is 7.91. The highest BCUT2D eigenvalue weighted by Crippen LogP contribution is 2.34. The first-order valence-corrected chi connectivity index (χ1v) is 10.7. The van der Waals surface area contributed by atoms with Crippen LogP contribution >= 0.6 is 0 Å². The number of anilines is 1. The van der Waals surface area contributed by atoms with Crippen molar-refractivity contribution in [3.63, 3.8) is 0 Å². The van der Waals surface area contributed by atoms with Crippen molar-refractivity contribution in [3.8, 4) is 0 Å². The molecule has 0 unspecified atom stereocenters. The van der Waals surface area contributed by atoms with Gasteiger partial charge in [0.05, 0.1) is 18.6 Å². The maximum atomic E-state index is 13.0. The number of hydrogen-bond donors (Lipinski definition) is 1. The van der Waals surface area contributed by atoms with E-state index in [1.54, 1.807) is 0 Å². The third-order valence-electron chi connectivity index (χ3n) is 5.92. The highest BCUT2D eigenvalue weighted by molar-refractivity contribution is 5.88. The SMILES string of the molecule is O=c1c2c(oc3cc(NCCN4CCOCC4)ccc13)C(=Cc1ccccc1)CC2. The van der Waals surface area contributed by atoms with Gasteiger partial charge in [-0.1, -0.05) is 30.3 Å². The summed E-state index contributed by atoms with van der Waals surface area (Å²) in [5.41, 5.74) is 4.75. The van der Waals surface area contributed by atoms with Crippen LogP contribution in [0.2, 0.25) is 0 Å². The minimum Gasteiger partial charge on any atom is -0.456 e. The van der Waals surface area contributed by atoms with E-state index in [9.17, 15) is 4.79 Å². The van der Waals surface area contributed by atoms with E-state index in [1.165, 1.54) is 0 Å². The van der Waals surface area contributed by atoms with Crippen LogP contribution in [0.4, 0.5) is 5.69 Å². The van der Waals surface area contributed by atoms with E-state index in [4.69, 9.17) is 9.15 Å². The number of nitrogens with zero attached hydrogens (tertiary/aromatic N) is 1. The number of hydrogen-bond acceptors (Lipinski definition) is 5. The lowest BCUT2D eigenvalue weighted by atomic mass is 10.1. The highest BCUT2D eigenvalue weighted by atomic mass is 16.5. The summed E-state index contributed by atoms with van der Waals surface area (Å²) in [5.74, 6) is 0.752. The van der Waals surface area contributed by atoms with Gasteiger partial charge in [-0.3, -0.25) is 9.69 Å². The summed E-state index contributed by atoms with van der Waals surface area (Å²) in [4.78, 5) is 15.4. The molecule has 5 heteroatoms. The van der Waals surface area contributed by atoms with Gasteiger partial charge in [-0.25, -0.2) is 0 Å². The zero-order valence-corrected chi connectivity index (χ0v) is 17.0. The van der Waals surface area contributed by atoms with E-state index in [1.807, 2.05) is 36.4 Å². The van der Waals surface area contributed by atoms with Gasteiger partial charge >= 0.3 is 0 Å². The quantitative estimate of drug-likeness (QED) is 0.699. The van der Waals surface area contributed by atoms with Crippen LogP contribution < -0.4 is 10.7 Å². The fraction of sp³-hybridized carbons (Fsp3) is 0.320. The Kier molecular flexibility index (Phi) is 5.39. The van der Waals surface area contributed by atoms with Gasteiger partial charge in [-0.05, 0) is 42.2 Å². The Bertz CT molecular complexity index is 1130. The van der Waals surface area contributed by atoms with Crippen molar-refractivity contribution in [2.24, 2.45) is 0 Å². The van der Waals surface area contributed by atoms with Crippen LogP contribution in [0.25, 0.3) is 22.6 Å². The summed E-state index contributed by atoms with van der Waals surface area (Å²) in [6.07, 6.45) is 3.71. The van der Waals surface area contributed by atoms with Gasteiger partial charge in [0, 0.05) is 43.5 Å². The molecule has 0 amide bonds. The first kappa shape index (κ1) is 19.1. The maximum Gasteiger partial charge on any atom is 0.196 e. The summed E-state index contributed by atoms with van der Waals surface area (Å²) in [6, 6.07) is 16.0. The average Bonchev–Trinajstić information content (AvgIpc) is 3.18. The summed E-state index contributed by atoms with van der Waals surface area (Å²) >= 11 is 0. The normalized spacial score (nSPS) is 18.1. The predicted octanol–water partition coefficient (Wildman–Crippen LogP) is 4.02. The summed E-state index contributed by atoms with van der Waals surface area (Å²) in [6.45, 7) is 5.41. The zero-order chi connectivity index (χ0) is 20.3. The van der Waals surface area contributed by atoms with Gasteiger partial charge < -0.3 is 14.5 Å². The number of ether oxygens (including phenoxy) is 1. The number of fused-ring (bicyclic) bond motifs is 2. The molecule has 0 saturated carbocycles. The van der Waals surface area contributed by atoms with Gasteiger partial charge in [0.2, 0.25) is 0 Å². The molecule has 1 aliphatic carbocycles. The number of nitrogens with one attached hydrogen (secondary N) is 1.